The van der Waals surface area contributed by atoms with Crippen LogP contribution in [0.3, 0.4) is 0 Å². The van der Waals surface area contributed by atoms with E-state index in [1.54, 1.807) is 13.8 Å². The maximum atomic E-state index is 13.0. The Kier molecular flexibility index (Phi) is 4.09. The minimum absolute atomic E-state index is 0.219. The van der Waals surface area contributed by atoms with Gasteiger partial charge < -0.3 is 10.4 Å². The van der Waals surface area contributed by atoms with Crippen molar-refractivity contribution in [3.05, 3.63) is 12.3 Å². The average Bonchev–Trinajstić information content (AvgIpc) is 1.96. The number of hydrogen-bond donors (Lipinski definition) is 2. The van der Waals surface area contributed by atoms with Crippen LogP contribution in [0.4, 0.5) is 13.2 Å². The second kappa shape index (κ2) is 4.28. The lowest BCUT2D eigenvalue weighted by atomic mass is 9.74. The Labute approximate surface area is 94.5 Å². The molecule has 5 heteroatoms. The van der Waals surface area contributed by atoms with Gasteiger partial charge in [-0.1, -0.05) is 27.4 Å². The number of alkyl halides is 3. The van der Waals surface area contributed by atoms with Crippen molar-refractivity contribution >= 4 is 0 Å². The average molecular weight is 239 g/mol. The summed E-state index contributed by atoms with van der Waals surface area (Å²) in [5.41, 5.74) is -4.74. The monoisotopic (exact) mass is 239 g/mol. The second-order valence-corrected chi connectivity index (χ2v) is 5.24. The largest absolute Gasteiger partial charge is 0.423 e. The number of nitrogens with one attached hydrogen (secondary N) is 1. The highest BCUT2D eigenvalue weighted by Crippen LogP contribution is 2.46. The van der Waals surface area contributed by atoms with Gasteiger partial charge in [0.2, 0.25) is 5.60 Å². The van der Waals surface area contributed by atoms with Gasteiger partial charge in [-0.3, -0.25) is 0 Å². The zero-order valence-electron chi connectivity index (χ0n) is 10.4. The summed E-state index contributed by atoms with van der Waals surface area (Å²) in [5.74, 6) is 0. The van der Waals surface area contributed by atoms with E-state index in [4.69, 9.17) is 0 Å². The Bertz CT molecular complexity index is 249. The third kappa shape index (κ3) is 2.70. The fourth-order valence-corrected chi connectivity index (χ4v) is 1.50. The quantitative estimate of drug-likeness (QED) is 0.793. The molecule has 0 fully saturated rings. The van der Waals surface area contributed by atoms with Gasteiger partial charge in [-0.15, -0.1) is 0 Å². The molecule has 0 aliphatic heterocycles. The molecular formula is C11H20F3NO. The molecule has 0 spiro atoms. The summed E-state index contributed by atoms with van der Waals surface area (Å²) < 4.78 is 38.9. The van der Waals surface area contributed by atoms with Gasteiger partial charge >= 0.3 is 6.18 Å². The molecular weight excluding hydrogens is 219 g/mol. The van der Waals surface area contributed by atoms with Gasteiger partial charge in [0, 0.05) is 17.2 Å². The maximum absolute atomic E-state index is 13.0. The van der Waals surface area contributed by atoms with Crippen LogP contribution in [0.2, 0.25) is 0 Å². The number of halogens is 3. The van der Waals surface area contributed by atoms with Gasteiger partial charge in [-0.05, 0) is 13.8 Å². The van der Waals surface area contributed by atoms with Crippen molar-refractivity contribution in [3.8, 4) is 0 Å². The first-order chi connectivity index (χ1) is 6.84. The summed E-state index contributed by atoms with van der Waals surface area (Å²) in [6, 6.07) is -0.219. The van der Waals surface area contributed by atoms with E-state index in [0.717, 1.165) is 0 Å². The molecule has 0 saturated carbocycles. The van der Waals surface area contributed by atoms with E-state index in [2.05, 4.69) is 11.9 Å². The molecule has 0 aromatic carbocycles. The predicted octanol–water partition coefficient (Wildman–Crippen LogP) is 2.84. The van der Waals surface area contributed by atoms with E-state index in [1.807, 2.05) is 0 Å². The molecule has 1 unspecified atom stereocenters. The molecule has 0 bridgehead atoms. The lowest BCUT2D eigenvalue weighted by molar-refractivity contribution is -0.278. The summed E-state index contributed by atoms with van der Waals surface area (Å²) in [6.45, 7) is 10.7. The second-order valence-electron chi connectivity index (χ2n) is 5.24. The lowest BCUT2D eigenvalue weighted by Gasteiger charge is -2.43. The van der Waals surface area contributed by atoms with Gasteiger partial charge in [0.05, 0.1) is 0 Å². The summed E-state index contributed by atoms with van der Waals surface area (Å²) in [4.78, 5) is 0. The third-order valence-corrected chi connectivity index (χ3v) is 2.40. The molecule has 0 amide bonds. The zero-order chi connectivity index (χ0) is 13.4. The van der Waals surface area contributed by atoms with Crippen LogP contribution < -0.4 is 5.32 Å². The molecule has 0 radical (unpaired) electrons. The first kappa shape index (κ1) is 15.3. The van der Waals surface area contributed by atoms with Crippen LogP contribution in [0.15, 0.2) is 12.3 Å². The van der Waals surface area contributed by atoms with Gasteiger partial charge in [0.25, 0.3) is 0 Å². The van der Waals surface area contributed by atoms with Crippen molar-refractivity contribution in [3.63, 3.8) is 0 Å². The highest BCUT2D eigenvalue weighted by molar-refractivity contribution is 5.19. The standard InChI is InChI=1S/C11H20F3NO/c1-7(2)15-8(3)10(16,9(4,5)6)11(12,13)14/h7,15-16H,3H2,1-2,4-6H3. The smallest absolute Gasteiger partial charge is 0.384 e. The molecule has 0 aromatic rings. The SMILES string of the molecule is C=C(NC(C)C)C(O)(C(C)(C)C)C(F)(F)F. The Morgan fingerprint density at radius 1 is 1.19 bits per heavy atom. The van der Waals surface area contributed by atoms with E-state index in [1.165, 1.54) is 20.8 Å². The number of aliphatic hydroxyl groups is 1. The van der Waals surface area contributed by atoms with Gasteiger partial charge in [-0.25, -0.2) is 0 Å². The molecule has 0 heterocycles. The molecule has 0 rings (SSSR count). The molecule has 0 aliphatic carbocycles. The van der Waals surface area contributed by atoms with Crippen molar-refractivity contribution < 1.29 is 18.3 Å². The molecule has 16 heavy (non-hydrogen) atoms. The van der Waals surface area contributed by atoms with E-state index in [-0.39, 0.29) is 6.04 Å². The fraction of sp³-hybridized carbons (Fsp3) is 0.818. The number of hydrogen-bond acceptors (Lipinski definition) is 2. The van der Waals surface area contributed by atoms with Gasteiger partial charge in [-0.2, -0.15) is 13.2 Å². The molecule has 0 aromatic heterocycles. The fourth-order valence-electron chi connectivity index (χ4n) is 1.50. The van der Waals surface area contributed by atoms with Crippen LogP contribution in [0.5, 0.6) is 0 Å². The highest BCUT2D eigenvalue weighted by atomic mass is 19.4. The lowest BCUT2D eigenvalue weighted by Crippen LogP contribution is -2.59. The number of rotatable bonds is 3. The van der Waals surface area contributed by atoms with E-state index in [0.29, 0.717) is 0 Å². The molecule has 96 valence electrons. The predicted molar refractivity (Wildman–Crippen MR) is 57.9 cm³/mol. The molecule has 1 atom stereocenters. The summed E-state index contributed by atoms with van der Waals surface area (Å²) in [6.07, 6.45) is -4.76. The van der Waals surface area contributed by atoms with Crippen LogP contribution in [0.25, 0.3) is 0 Å². The van der Waals surface area contributed by atoms with Crippen LogP contribution >= 0.6 is 0 Å². The van der Waals surface area contributed by atoms with Crippen molar-refractivity contribution in [2.75, 3.05) is 0 Å². The molecule has 0 saturated heterocycles. The van der Waals surface area contributed by atoms with Crippen molar-refractivity contribution in [2.24, 2.45) is 5.41 Å². The summed E-state index contributed by atoms with van der Waals surface area (Å²) in [5, 5.41) is 12.4. The van der Waals surface area contributed by atoms with Crippen molar-refractivity contribution in [1.82, 2.24) is 5.32 Å². The van der Waals surface area contributed by atoms with E-state index >= 15 is 0 Å². The highest BCUT2D eigenvalue weighted by Gasteiger charge is 2.62. The molecule has 0 aliphatic rings. The Morgan fingerprint density at radius 2 is 1.56 bits per heavy atom. The van der Waals surface area contributed by atoms with Crippen LogP contribution in [0.1, 0.15) is 34.6 Å². The van der Waals surface area contributed by atoms with Crippen LogP contribution in [-0.2, 0) is 0 Å². The third-order valence-electron chi connectivity index (χ3n) is 2.40. The molecule has 2 nitrogen and oxygen atoms in total. The maximum Gasteiger partial charge on any atom is 0.423 e. The normalized spacial score (nSPS) is 17.1. The minimum Gasteiger partial charge on any atom is -0.384 e. The van der Waals surface area contributed by atoms with Crippen molar-refractivity contribution in [1.29, 1.82) is 0 Å². The Hall–Kier alpha value is -0.710. The summed E-state index contributed by atoms with van der Waals surface area (Å²) >= 11 is 0. The van der Waals surface area contributed by atoms with Gasteiger partial charge in [0.1, 0.15) is 0 Å². The first-order valence-electron chi connectivity index (χ1n) is 5.09. The first-order valence-corrected chi connectivity index (χ1v) is 5.09. The van der Waals surface area contributed by atoms with Crippen LogP contribution in [-0.4, -0.2) is 22.9 Å². The minimum atomic E-state index is -4.76. The topological polar surface area (TPSA) is 32.3 Å². The Balaban J connectivity index is 5.36. The van der Waals surface area contributed by atoms with E-state index < -0.39 is 22.9 Å². The Morgan fingerprint density at radius 3 is 1.75 bits per heavy atom. The summed E-state index contributed by atoms with van der Waals surface area (Å²) in [7, 11) is 0. The van der Waals surface area contributed by atoms with Crippen LogP contribution in [0, 0.1) is 5.41 Å². The van der Waals surface area contributed by atoms with Gasteiger partial charge in [0.15, 0.2) is 0 Å². The van der Waals surface area contributed by atoms with Crippen molar-refractivity contribution in [2.45, 2.75) is 52.4 Å². The molecule has 2 N–H and O–H groups in total. The van der Waals surface area contributed by atoms with E-state index in [9.17, 15) is 18.3 Å². The zero-order valence-corrected chi connectivity index (χ0v) is 10.4.